The molecular formula is C14H26N2OS. The third-order valence-corrected chi connectivity index (χ3v) is 4.90. The van der Waals surface area contributed by atoms with Crippen molar-refractivity contribution in [2.24, 2.45) is 16.3 Å². The number of amidine groups is 1. The molecule has 2 aliphatic rings. The third kappa shape index (κ3) is 4.16. The predicted molar refractivity (Wildman–Crippen MR) is 79.3 cm³/mol. The molecule has 0 radical (unpaired) electrons. The van der Waals surface area contributed by atoms with Gasteiger partial charge in [-0.3, -0.25) is 4.99 Å². The molecule has 1 unspecified atom stereocenters. The SMILES string of the molecule is CC(C)CC1CSC(=NCC2(C)CCOCC2)N1. The van der Waals surface area contributed by atoms with Crippen LogP contribution in [-0.2, 0) is 4.74 Å². The van der Waals surface area contributed by atoms with Crippen LogP contribution in [-0.4, -0.2) is 36.7 Å². The summed E-state index contributed by atoms with van der Waals surface area (Å²) in [5.74, 6) is 1.94. The maximum atomic E-state index is 5.43. The lowest BCUT2D eigenvalue weighted by Gasteiger charge is -2.31. The van der Waals surface area contributed by atoms with Crippen LogP contribution in [0.2, 0.25) is 0 Å². The molecule has 0 aliphatic carbocycles. The lowest BCUT2D eigenvalue weighted by molar-refractivity contribution is 0.0283. The van der Waals surface area contributed by atoms with Gasteiger partial charge in [-0.05, 0) is 30.6 Å². The average molecular weight is 270 g/mol. The quantitative estimate of drug-likeness (QED) is 0.853. The normalized spacial score (nSPS) is 29.8. The molecule has 0 aromatic rings. The van der Waals surface area contributed by atoms with E-state index in [0.717, 1.165) is 43.7 Å². The second kappa shape index (κ2) is 6.29. The minimum absolute atomic E-state index is 0.351. The summed E-state index contributed by atoms with van der Waals surface area (Å²) in [6.07, 6.45) is 3.53. The summed E-state index contributed by atoms with van der Waals surface area (Å²) >= 11 is 1.89. The van der Waals surface area contributed by atoms with Crippen molar-refractivity contribution >= 4 is 16.9 Å². The van der Waals surface area contributed by atoms with Gasteiger partial charge in [-0.2, -0.15) is 0 Å². The number of nitrogens with one attached hydrogen (secondary N) is 1. The van der Waals surface area contributed by atoms with E-state index in [9.17, 15) is 0 Å². The maximum Gasteiger partial charge on any atom is 0.156 e. The van der Waals surface area contributed by atoms with Crippen LogP contribution >= 0.6 is 11.8 Å². The van der Waals surface area contributed by atoms with E-state index in [1.807, 2.05) is 11.8 Å². The van der Waals surface area contributed by atoms with Gasteiger partial charge in [0.2, 0.25) is 0 Å². The largest absolute Gasteiger partial charge is 0.381 e. The van der Waals surface area contributed by atoms with Gasteiger partial charge in [0.05, 0.1) is 0 Å². The highest BCUT2D eigenvalue weighted by Gasteiger charge is 2.28. The first-order chi connectivity index (χ1) is 8.57. The van der Waals surface area contributed by atoms with Crippen LogP contribution in [0.3, 0.4) is 0 Å². The van der Waals surface area contributed by atoms with Crippen LogP contribution in [0.25, 0.3) is 0 Å². The molecule has 3 nitrogen and oxygen atoms in total. The molecule has 4 heteroatoms. The number of ether oxygens (including phenoxy) is 1. The van der Waals surface area contributed by atoms with Gasteiger partial charge in [-0.15, -0.1) is 0 Å². The van der Waals surface area contributed by atoms with Crippen LogP contribution in [0.15, 0.2) is 4.99 Å². The number of hydrogen-bond donors (Lipinski definition) is 1. The fraction of sp³-hybridized carbons (Fsp3) is 0.929. The highest BCUT2D eigenvalue weighted by atomic mass is 32.2. The van der Waals surface area contributed by atoms with Crippen molar-refractivity contribution in [3.63, 3.8) is 0 Å². The smallest absolute Gasteiger partial charge is 0.156 e. The summed E-state index contributed by atoms with van der Waals surface area (Å²) in [6.45, 7) is 9.65. The molecule has 1 N–H and O–H groups in total. The summed E-state index contributed by atoms with van der Waals surface area (Å²) in [5, 5.41) is 4.72. The number of aliphatic imine (C=N–C) groups is 1. The van der Waals surface area contributed by atoms with Gasteiger partial charge in [0, 0.05) is 31.6 Å². The monoisotopic (exact) mass is 270 g/mol. The Bertz CT molecular complexity index is 298. The molecule has 0 aromatic heterocycles. The molecule has 2 rings (SSSR count). The molecule has 2 saturated heterocycles. The lowest BCUT2D eigenvalue weighted by Crippen LogP contribution is -2.31. The first-order valence-electron chi connectivity index (χ1n) is 7.09. The Morgan fingerprint density at radius 1 is 1.44 bits per heavy atom. The van der Waals surface area contributed by atoms with Gasteiger partial charge in [-0.25, -0.2) is 0 Å². The van der Waals surface area contributed by atoms with Crippen molar-refractivity contribution in [2.75, 3.05) is 25.5 Å². The molecular weight excluding hydrogens is 244 g/mol. The van der Waals surface area contributed by atoms with Crippen molar-refractivity contribution in [1.82, 2.24) is 5.32 Å². The van der Waals surface area contributed by atoms with E-state index in [-0.39, 0.29) is 0 Å². The van der Waals surface area contributed by atoms with Gasteiger partial charge in [-0.1, -0.05) is 32.5 Å². The van der Waals surface area contributed by atoms with Crippen molar-refractivity contribution in [2.45, 2.75) is 46.1 Å². The number of thioether (sulfide) groups is 1. The zero-order valence-electron chi connectivity index (χ0n) is 11.9. The Labute approximate surface area is 115 Å². The van der Waals surface area contributed by atoms with Crippen LogP contribution in [0.5, 0.6) is 0 Å². The molecule has 104 valence electrons. The third-order valence-electron chi connectivity index (χ3n) is 3.81. The molecule has 0 saturated carbocycles. The lowest BCUT2D eigenvalue weighted by atomic mass is 9.83. The first kappa shape index (κ1) is 14.2. The zero-order valence-corrected chi connectivity index (χ0v) is 12.7. The van der Waals surface area contributed by atoms with Crippen molar-refractivity contribution < 1.29 is 4.74 Å². The molecule has 2 heterocycles. The predicted octanol–water partition coefficient (Wildman–Crippen LogP) is 2.91. The van der Waals surface area contributed by atoms with Gasteiger partial charge in [0.15, 0.2) is 5.17 Å². The topological polar surface area (TPSA) is 33.6 Å². The second-order valence-electron chi connectivity index (χ2n) is 6.33. The molecule has 18 heavy (non-hydrogen) atoms. The number of rotatable bonds is 4. The Balaban J connectivity index is 1.80. The van der Waals surface area contributed by atoms with Gasteiger partial charge >= 0.3 is 0 Å². The molecule has 0 aromatic carbocycles. The Morgan fingerprint density at radius 3 is 2.83 bits per heavy atom. The number of nitrogens with zero attached hydrogens (tertiary/aromatic N) is 1. The average Bonchev–Trinajstić information content (AvgIpc) is 2.74. The minimum Gasteiger partial charge on any atom is -0.381 e. The first-order valence-corrected chi connectivity index (χ1v) is 8.07. The van der Waals surface area contributed by atoms with E-state index in [2.05, 4.69) is 26.1 Å². The molecule has 1 atom stereocenters. The van der Waals surface area contributed by atoms with E-state index in [1.165, 1.54) is 12.2 Å². The zero-order chi connectivity index (χ0) is 13.0. The van der Waals surface area contributed by atoms with Crippen LogP contribution in [0.1, 0.15) is 40.0 Å². The summed E-state index contributed by atoms with van der Waals surface area (Å²) in [7, 11) is 0. The van der Waals surface area contributed by atoms with Crippen LogP contribution < -0.4 is 5.32 Å². The highest BCUT2D eigenvalue weighted by molar-refractivity contribution is 8.14. The maximum absolute atomic E-state index is 5.43. The summed E-state index contributed by atoms with van der Waals surface area (Å²) in [5.41, 5.74) is 0.351. The summed E-state index contributed by atoms with van der Waals surface area (Å²) in [4.78, 5) is 4.79. The fourth-order valence-electron chi connectivity index (χ4n) is 2.51. The number of hydrogen-bond acceptors (Lipinski definition) is 3. The molecule has 0 amide bonds. The van der Waals surface area contributed by atoms with E-state index >= 15 is 0 Å². The molecule has 0 spiro atoms. The van der Waals surface area contributed by atoms with E-state index in [0.29, 0.717) is 11.5 Å². The van der Waals surface area contributed by atoms with Crippen molar-refractivity contribution in [1.29, 1.82) is 0 Å². The van der Waals surface area contributed by atoms with Crippen molar-refractivity contribution in [3.8, 4) is 0 Å². The molecule has 2 fully saturated rings. The standard InChI is InChI=1S/C14H26N2OS/c1-11(2)8-12-9-18-13(16-12)15-10-14(3)4-6-17-7-5-14/h11-12H,4-10H2,1-3H3,(H,15,16). The van der Waals surface area contributed by atoms with Gasteiger partial charge < -0.3 is 10.1 Å². The van der Waals surface area contributed by atoms with E-state index in [4.69, 9.17) is 9.73 Å². The fourth-order valence-corrected chi connectivity index (χ4v) is 3.49. The van der Waals surface area contributed by atoms with Gasteiger partial charge in [0.25, 0.3) is 0 Å². The Kier molecular flexibility index (Phi) is 4.96. The van der Waals surface area contributed by atoms with E-state index < -0.39 is 0 Å². The molecule has 2 aliphatic heterocycles. The summed E-state index contributed by atoms with van der Waals surface area (Å²) in [6, 6.07) is 0.622. The Morgan fingerprint density at radius 2 is 2.17 bits per heavy atom. The van der Waals surface area contributed by atoms with Crippen molar-refractivity contribution in [3.05, 3.63) is 0 Å². The molecule has 0 bridgehead atoms. The van der Waals surface area contributed by atoms with Gasteiger partial charge in [0.1, 0.15) is 0 Å². The minimum atomic E-state index is 0.351. The van der Waals surface area contributed by atoms with Crippen LogP contribution in [0, 0.1) is 11.3 Å². The second-order valence-corrected chi connectivity index (χ2v) is 7.33. The van der Waals surface area contributed by atoms with E-state index in [1.54, 1.807) is 0 Å². The Hall–Kier alpha value is -0.220. The van der Waals surface area contributed by atoms with Crippen LogP contribution in [0.4, 0.5) is 0 Å². The summed E-state index contributed by atoms with van der Waals surface area (Å²) < 4.78 is 5.43. The highest BCUT2D eigenvalue weighted by Crippen LogP contribution is 2.30.